The molecule has 1 rings (SSSR count). The monoisotopic (exact) mass is 274 g/mol. The van der Waals surface area contributed by atoms with Gasteiger partial charge in [0, 0.05) is 6.42 Å². The standard InChI is InChI=1S/C13H23O4P/c1-5-16-18(15,17-6-2)11(4)12-7-10(3)8-13(14)9-12/h9-11H,5-8H2,1-4H3. The van der Waals surface area contributed by atoms with Crippen LogP contribution in [0.15, 0.2) is 11.6 Å². The van der Waals surface area contributed by atoms with Crippen LogP contribution in [-0.4, -0.2) is 24.7 Å². The molecule has 104 valence electrons. The van der Waals surface area contributed by atoms with Gasteiger partial charge in [-0.3, -0.25) is 9.36 Å². The number of rotatable bonds is 6. The van der Waals surface area contributed by atoms with E-state index in [2.05, 4.69) is 0 Å². The van der Waals surface area contributed by atoms with Crippen LogP contribution in [0.25, 0.3) is 0 Å². The lowest BCUT2D eigenvalue weighted by atomic mass is 9.88. The Hall–Kier alpha value is -0.440. The van der Waals surface area contributed by atoms with Crippen molar-refractivity contribution < 1.29 is 18.4 Å². The van der Waals surface area contributed by atoms with Gasteiger partial charge in [-0.25, -0.2) is 0 Å². The topological polar surface area (TPSA) is 52.6 Å². The van der Waals surface area contributed by atoms with Crippen molar-refractivity contribution in [2.45, 2.75) is 46.2 Å². The fraction of sp³-hybridized carbons (Fsp3) is 0.769. The Morgan fingerprint density at radius 3 is 2.33 bits per heavy atom. The zero-order valence-corrected chi connectivity index (χ0v) is 12.5. The van der Waals surface area contributed by atoms with Gasteiger partial charge in [0.15, 0.2) is 5.78 Å². The van der Waals surface area contributed by atoms with Crippen molar-refractivity contribution in [3.63, 3.8) is 0 Å². The first-order valence-corrected chi connectivity index (χ1v) is 8.16. The Bertz CT molecular complexity index is 365. The van der Waals surface area contributed by atoms with Crippen LogP contribution >= 0.6 is 7.60 Å². The van der Waals surface area contributed by atoms with Gasteiger partial charge in [0.05, 0.1) is 18.9 Å². The lowest BCUT2D eigenvalue weighted by molar-refractivity contribution is -0.115. The molecule has 2 atom stereocenters. The number of carbonyl (C=O) groups excluding carboxylic acids is 1. The Morgan fingerprint density at radius 2 is 1.89 bits per heavy atom. The lowest BCUT2D eigenvalue weighted by Crippen LogP contribution is -2.20. The predicted octanol–water partition coefficient (Wildman–Crippen LogP) is 3.57. The average Bonchev–Trinajstić information content (AvgIpc) is 2.27. The van der Waals surface area contributed by atoms with Crippen molar-refractivity contribution in [2.75, 3.05) is 13.2 Å². The van der Waals surface area contributed by atoms with Crippen LogP contribution in [0.5, 0.6) is 0 Å². The van der Waals surface area contributed by atoms with Crippen LogP contribution in [0, 0.1) is 5.92 Å². The first-order chi connectivity index (χ1) is 8.42. The van der Waals surface area contributed by atoms with Crippen LogP contribution in [0.3, 0.4) is 0 Å². The van der Waals surface area contributed by atoms with Crippen molar-refractivity contribution in [1.82, 2.24) is 0 Å². The van der Waals surface area contributed by atoms with E-state index in [-0.39, 0.29) is 11.4 Å². The molecule has 0 spiro atoms. The number of ketones is 1. The van der Waals surface area contributed by atoms with Gasteiger partial charge in [-0.2, -0.15) is 0 Å². The lowest BCUT2D eigenvalue weighted by Gasteiger charge is -2.28. The Morgan fingerprint density at radius 1 is 1.33 bits per heavy atom. The second-order valence-corrected chi connectivity index (χ2v) is 7.12. The maximum Gasteiger partial charge on any atom is 0.337 e. The smallest absolute Gasteiger partial charge is 0.308 e. The van der Waals surface area contributed by atoms with Crippen LogP contribution in [0.1, 0.15) is 40.5 Å². The molecule has 4 nitrogen and oxygen atoms in total. The largest absolute Gasteiger partial charge is 0.337 e. The van der Waals surface area contributed by atoms with E-state index in [1.807, 2.05) is 13.8 Å². The van der Waals surface area contributed by atoms with E-state index in [9.17, 15) is 9.36 Å². The molecular formula is C13H23O4P. The summed E-state index contributed by atoms with van der Waals surface area (Å²) in [5.74, 6) is 0.409. The minimum absolute atomic E-state index is 0.107. The van der Waals surface area contributed by atoms with E-state index in [1.54, 1.807) is 19.9 Å². The summed E-state index contributed by atoms with van der Waals surface area (Å²) in [5.41, 5.74) is 0.549. The highest BCUT2D eigenvalue weighted by molar-refractivity contribution is 7.54. The fourth-order valence-corrected chi connectivity index (χ4v) is 4.09. The van der Waals surface area contributed by atoms with E-state index < -0.39 is 7.60 Å². The maximum absolute atomic E-state index is 12.6. The van der Waals surface area contributed by atoms with E-state index >= 15 is 0 Å². The maximum atomic E-state index is 12.6. The van der Waals surface area contributed by atoms with Crippen molar-refractivity contribution in [2.24, 2.45) is 5.92 Å². The van der Waals surface area contributed by atoms with Crippen molar-refractivity contribution in [3.05, 3.63) is 11.6 Å². The quantitative estimate of drug-likeness (QED) is 0.695. The van der Waals surface area contributed by atoms with Crippen molar-refractivity contribution in [1.29, 1.82) is 0 Å². The molecule has 0 saturated carbocycles. The minimum atomic E-state index is -3.15. The molecule has 0 aliphatic heterocycles. The summed E-state index contributed by atoms with van der Waals surface area (Å²) in [4.78, 5) is 11.6. The molecular weight excluding hydrogens is 251 g/mol. The molecule has 1 aliphatic rings. The Kier molecular flexibility index (Phi) is 5.77. The van der Waals surface area contributed by atoms with Crippen LogP contribution < -0.4 is 0 Å². The predicted molar refractivity (Wildman–Crippen MR) is 71.8 cm³/mol. The summed E-state index contributed by atoms with van der Waals surface area (Å²) in [6.45, 7) is 8.13. The van der Waals surface area contributed by atoms with E-state index in [4.69, 9.17) is 9.05 Å². The molecule has 0 aromatic heterocycles. The van der Waals surface area contributed by atoms with Gasteiger partial charge in [-0.15, -0.1) is 0 Å². The summed E-state index contributed by atoms with van der Waals surface area (Å²) < 4.78 is 23.3. The van der Waals surface area contributed by atoms with Gasteiger partial charge >= 0.3 is 7.60 Å². The summed E-state index contributed by atoms with van der Waals surface area (Å²) >= 11 is 0. The molecule has 18 heavy (non-hydrogen) atoms. The van der Waals surface area contributed by atoms with Gasteiger partial charge in [-0.1, -0.05) is 12.5 Å². The minimum Gasteiger partial charge on any atom is -0.308 e. The Labute approximate surface area is 109 Å². The van der Waals surface area contributed by atoms with Crippen LogP contribution in [-0.2, 0) is 18.4 Å². The third-order valence-corrected chi connectivity index (χ3v) is 5.63. The highest BCUT2D eigenvalue weighted by Crippen LogP contribution is 2.56. The number of hydrogen-bond donors (Lipinski definition) is 0. The van der Waals surface area contributed by atoms with E-state index in [0.717, 1.165) is 12.0 Å². The first-order valence-electron chi connectivity index (χ1n) is 6.55. The van der Waals surface area contributed by atoms with Crippen molar-refractivity contribution in [3.8, 4) is 0 Å². The van der Waals surface area contributed by atoms with Gasteiger partial charge in [0.25, 0.3) is 0 Å². The molecule has 5 heteroatoms. The Balaban J connectivity index is 2.92. The molecule has 0 heterocycles. The summed E-state index contributed by atoms with van der Waals surface area (Å²) in [7, 11) is -3.15. The summed E-state index contributed by atoms with van der Waals surface area (Å²) in [5, 5.41) is 0. The zero-order chi connectivity index (χ0) is 13.8. The zero-order valence-electron chi connectivity index (χ0n) is 11.6. The second-order valence-electron chi connectivity index (χ2n) is 4.75. The molecule has 0 saturated heterocycles. The molecule has 0 aromatic carbocycles. The third-order valence-electron chi connectivity index (χ3n) is 3.11. The third kappa shape index (κ3) is 3.78. The van der Waals surface area contributed by atoms with Crippen LogP contribution in [0.2, 0.25) is 0 Å². The van der Waals surface area contributed by atoms with Gasteiger partial charge in [0.1, 0.15) is 0 Å². The summed E-state index contributed by atoms with van der Waals surface area (Å²) in [6.07, 6.45) is 2.98. The first kappa shape index (κ1) is 15.6. The normalized spacial score (nSPS) is 22.8. The molecule has 0 radical (unpaired) electrons. The highest BCUT2D eigenvalue weighted by Gasteiger charge is 2.36. The van der Waals surface area contributed by atoms with Gasteiger partial charge in [-0.05, 0) is 39.2 Å². The molecule has 0 amide bonds. The number of hydrogen-bond acceptors (Lipinski definition) is 4. The average molecular weight is 274 g/mol. The SMILES string of the molecule is CCOP(=O)(OCC)C(C)C1=CC(=O)CC(C)C1. The molecule has 0 bridgehead atoms. The highest BCUT2D eigenvalue weighted by atomic mass is 31.2. The summed E-state index contributed by atoms with van der Waals surface area (Å²) in [6, 6.07) is 0. The second kappa shape index (κ2) is 6.65. The van der Waals surface area contributed by atoms with Gasteiger partial charge in [0.2, 0.25) is 0 Å². The number of allylic oxidation sites excluding steroid dienone is 2. The van der Waals surface area contributed by atoms with Crippen LogP contribution in [0.4, 0.5) is 0 Å². The van der Waals surface area contributed by atoms with Crippen molar-refractivity contribution >= 4 is 13.4 Å². The number of carbonyl (C=O) groups is 1. The molecule has 0 N–H and O–H groups in total. The molecule has 0 aromatic rings. The molecule has 2 unspecified atom stereocenters. The molecule has 1 aliphatic carbocycles. The van der Waals surface area contributed by atoms with E-state index in [1.165, 1.54) is 0 Å². The fourth-order valence-electron chi connectivity index (χ4n) is 2.26. The van der Waals surface area contributed by atoms with Gasteiger partial charge < -0.3 is 9.05 Å². The molecule has 0 fully saturated rings. The van der Waals surface area contributed by atoms with E-state index in [0.29, 0.717) is 25.6 Å².